The number of nitrogens with one attached hydrogen (secondary N) is 1. The first-order valence-corrected chi connectivity index (χ1v) is 12.1. The number of aromatic nitrogens is 1. The monoisotopic (exact) mass is 453 g/mol. The van der Waals surface area contributed by atoms with Gasteiger partial charge in [0.15, 0.2) is 23.0 Å². The number of rotatable bonds is 7. The summed E-state index contributed by atoms with van der Waals surface area (Å²) in [5, 5.41) is 6.83. The van der Waals surface area contributed by atoms with E-state index in [9.17, 15) is 9.59 Å². The fourth-order valence-corrected chi connectivity index (χ4v) is 5.17. The summed E-state index contributed by atoms with van der Waals surface area (Å²) < 4.78 is 16.2. The Kier molecular flexibility index (Phi) is 6.51. The normalized spacial score (nSPS) is 18.4. The second-order valence-electron chi connectivity index (χ2n) is 9.29. The van der Waals surface area contributed by atoms with Gasteiger partial charge in [0.2, 0.25) is 12.7 Å². The number of ether oxygens (including phenoxy) is 2. The zero-order valence-corrected chi connectivity index (χ0v) is 18.9. The highest BCUT2D eigenvalue weighted by Gasteiger charge is 2.33. The van der Waals surface area contributed by atoms with Gasteiger partial charge in [-0.05, 0) is 43.4 Å². The van der Waals surface area contributed by atoms with Crippen LogP contribution in [-0.2, 0) is 17.9 Å². The molecule has 5 rings (SSSR count). The lowest BCUT2D eigenvalue weighted by atomic mass is 9.88. The van der Waals surface area contributed by atoms with E-state index in [1.165, 1.54) is 6.42 Å². The Bertz CT molecular complexity index is 992. The second kappa shape index (κ2) is 9.85. The highest BCUT2D eigenvalue weighted by atomic mass is 16.7. The molecule has 2 saturated carbocycles. The van der Waals surface area contributed by atoms with E-state index >= 15 is 0 Å². The van der Waals surface area contributed by atoms with E-state index in [1.807, 2.05) is 23.1 Å². The van der Waals surface area contributed by atoms with Gasteiger partial charge in [0.1, 0.15) is 0 Å². The summed E-state index contributed by atoms with van der Waals surface area (Å²) >= 11 is 0. The molecule has 1 N–H and O–H groups in total. The molecular formula is C25H31N3O5. The first-order valence-electron chi connectivity index (χ1n) is 12.1. The number of nitrogens with zero attached hydrogens (tertiary/aromatic N) is 2. The number of carbonyl (C=O) groups is 2. The van der Waals surface area contributed by atoms with Crippen LogP contribution in [0.15, 0.2) is 28.8 Å². The van der Waals surface area contributed by atoms with E-state index in [-0.39, 0.29) is 36.3 Å². The van der Waals surface area contributed by atoms with Crippen molar-refractivity contribution in [2.75, 3.05) is 6.79 Å². The Morgan fingerprint density at radius 2 is 1.73 bits per heavy atom. The van der Waals surface area contributed by atoms with Gasteiger partial charge in [-0.3, -0.25) is 9.59 Å². The highest BCUT2D eigenvalue weighted by molar-refractivity contribution is 5.92. The van der Waals surface area contributed by atoms with Crippen molar-refractivity contribution in [2.24, 2.45) is 5.92 Å². The number of amides is 2. The van der Waals surface area contributed by atoms with Crippen LogP contribution in [0.25, 0.3) is 0 Å². The Balaban J connectivity index is 1.21. The van der Waals surface area contributed by atoms with Gasteiger partial charge in [-0.25, -0.2) is 0 Å². The average molecular weight is 454 g/mol. The quantitative estimate of drug-likeness (QED) is 0.676. The molecule has 1 aliphatic heterocycles. The van der Waals surface area contributed by atoms with Crippen molar-refractivity contribution in [1.82, 2.24) is 15.4 Å². The van der Waals surface area contributed by atoms with Gasteiger partial charge >= 0.3 is 0 Å². The average Bonchev–Trinajstić information content (AvgIpc) is 3.62. The van der Waals surface area contributed by atoms with Crippen LogP contribution in [0.2, 0.25) is 0 Å². The summed E-state index contributed by atoms with van der Waals surface area (Å²) in [6.45, 7) is 0.933. The SMILES string of the molecule is O=C(NCc1ccc2c(c1)OCO2)c1cc(CN(C(=O)C2CCCCC2)C2CCCC2)on1. The number of benzene rings is 1. The molecule has 2 amide bonds. The van der Waals surface area contributed by atoms with Gasteiger partial charge in [-0.15, -0.1) is 0 Å². The molecule has 2 aliphatic carbocycles. The van der Waals surface area contributed by atoms with E-state index in [2.05, 4.69) is 10.5 Å². The molecule has 0 radical (unpaired) electrons. The van der Waals surface area contributed by atoms with E-state index in [0.29, 0.717) is 30.3 Å². The maximum absolute atomic E-state index is 13.3. The molecule has 176 valence electrons. The molecule has 0 spiro atoms. The van der Waals surface area contributed by atoms with Crippen LogP contribution in [0.3, 0.4) is 0 Å². The molecule has 2 heterocycles. The largest absolute Gasteiger partial charge is 0.454 e. The van der Waals surface area contributed by atoms with Gasteiger partial charge in [-0.2, -0.15) is 0 Å². The minimum Gasteiger partial charge on any atom is -0.454 e. The Morgan fingerprint density at radius 3 is 2.55 bits per heavy atom. The summed E-state index contributed by atoms with van der Waals surface area (Å²) in [7, 11) is 0. The molecule has 33 heavy (non-hydrogen) atoms. The molecule has 0 bridgehead atoms. The van der Waals surface area contributed by atoms with Crippen LogP contribution in [-0.4, -0.2) is 34.7 Å². The summed E-state index contributed by atoms with van der Waals surface area (Å²) in [6.07, 6.45) is 9.82. The Morgan fingerprint density at radius 1 is 0.970 bits per heavy atom. The molecule has 8 nitrogen and oxygen atoms in total. The fraction of sp³-hybridized carbons (Fsp3) is 0.560. The van der Waals surface area contributed by atoms with E-state index in [4.69, 9.17) is 14.0 Å². The molecule has 0 atom stereocenters. The van der Waals surface area contributed by atoms with Crippen molar-refractivity contribution in [3.05, 3.63) is 41.3 Å². The third-order valence-corrected chi connectivity index (χ3v) is 7.01. The van der Waals surface area contributed by atoms with Crippen LogP contribution in [0.4, 0.5) is 0 Å². The second-order valence-corrected chi connectivity index (χ2v) is 9.29. The lowest BCUT2D eigenvalue weighted by molar-refractivity contribution is -0.140. The summed E-state index contributed by atoms with van der Waals surface area (Å²) in [5.74, 6) is 1.99. The topological polar surface area (TPSA) is 93.9 Å². The Labute approximate surface area is 193 Å². The third kappa shape index (κ3) is 4.99. The van der Waals surface area contributed by atoms with Crippen molar-refractivity contribution in [3.63, 3.8) is 0 Å². The van der Waals surface area contributed by atoms with E-state index in [0.717, 1.165) is 56.9 Å². The number of hydrogen-bond donors (Lipinski definition) is 1. The fourth-order valence-electron chi connectivity index (χ4n) is 5.17. The number of fused-ring (bicyclic) bond motifs is 1. The summed E-state index contributed by atoms with van der Waals surface area (Å²) in [6, 6.07) is 7.49. The first-order chi connectivity index (χ1) is 16.2. The lowest BCUT2D eigenvalue weighted by Crippen LogP contribution is -2.42. The van der Waals surface area contributed by atoms with Crippen molar-refractivity contribution >= 4 is 11.8 Å². The van der Waals surface area contributed by atoms with E-state index < -0.39 is 0 Å². The van der Waals surface area contributed by atoms with Crippen LogP contribution in [0.1, 0.15) is 79.6 Å². The highest BCUT2D eigenvalue weighted by Crippen LogP contribution is 2.33. The van der Waals surface area contributed by atoms with Crippen molar-refractivity contribution in [1.29, 1.82) is 0 Å². The van der Waals surface area contributed by atoms with Gasteiger partial charge in [-0.1, -0.05) is 43.3 Å². The van der Waals surface area contributed by atoms with Gasteiger partial charge in [0.25, 0.3) is 5.91 Å². The zero-order valence-electron chi connectivity index (χ0n) is 18.9. The van der Waals surface area contributed by atoms with Crippen molar-refractivity contribution < 1.29 is 23.6 Å². The molecular weight excluding hydrogens is 422 g/mol. The molecule has 3 aliphatic rings. The Hall–Kier alpha value is -3.03. The lowest BCUT2D eigenvalue weighted by Gasteiger charge is -2.33. The van der Waals surface area contributed by atoms with Gasteiger partial charge < -0.3 is 24.2 Å². The predicted molar refractivity (Wildman–Crippen MR) is 120 cm³/mol. The summed E-state index contributed by atoms with van der Waals surface area (Å²) in [5.41, 5.74) is 1.13. The minimum atomic E-state index is -0.311. The summed E-state index contributed by atoms with van der Waals surface area (Å²) in [4.78, 5) is 28.0. The van der Waals surface area contributed by atoms with Crippen LogP contribution in [0.5, 0.6) is 11.5 Å². The van der Waals surface area contributed by atoms with Crippen LogP contribution in [0, 0.1) is 5.92 Å². The van der Waals surface area contributed by atoms with Crippen LogP contribution >= 0.6 is 0 Å². The maximum Gasteiger partial charge on any atom is 0.273 e. The zero-order chi connectivity index (χ0) is 22.6. The molecule has 2 fully saturated rings. The maximum atomic E-state index is 13.3. The molecule has 0 saturated heterocycles. The molecule has 1 aromatic carbocycles. The number of hydrogen-bond acceptors (Lipinski definition) is 6. The minimum absolute atomic E-state index is 0.117. The van der Waals surface area contributed by atoms with Gasteiger partial charge in [0, 0.05) is 24.6 Å². The van der Waals surface area contributed by atoms with Crippen LogP contribution < -0.4 is 14.8 Å². The smallest absolute Gasteiger partial charge is 0.273 e. The van der Waals surface area contributed by atoms with E-state index in [1.54, 1.807) is 6.07 Å². The molecule has 0 unspecified atom stereocenters. The standard InChI is InChI=1S/C25H31N3O5/c29-24(26-14-17-10-11-22-23(12-17)32-16-31-22)21-13-20(33-27-21)15-28(19-8-4-5-9-19)25(30)18-6-2-1-3-7-18/h10-13,18-19H,1-9,14-16H2,(H,26,29). The molecule has 8 heteroatoms. The first kappa shape index (κ1) is 21.8. The molecule has 2 aromatic rings. The molecule has 1 aromatic heterocycles. The van der Waals surface area contributed by atoms with Crippen molar-refractivity contribution in [3.8, 4) is 11.5 Å². The van der Waals surface area contributed by atoms with Gasteiger partial charge in [0.05, 0.1) is 6.54 Å². The predicted octanol–water partition coefficient (Wildman–Crippen LogP) is 4.18. The number of carbonyl (C=O) groups excluding carboxylic acids is 2. The van der Waals surface area contributed by atoms with Crippen molar-refractivity contribution in [2.45, 2.75) is 76.9 Å². The third-order valence-electron chi connectivity index (χ3n) is 7.01.